The molecule has 0 bridgehead atoms. The maximum Gasteiger partial charge on any atom is 0.0810 e. The lowest BCUT2D eigenvalue weighted by atomic mass is 10.2. The van der Waals surface area contributed by atoms with Gasteiger partial charge in [0.1, 0.15) is 0 Å². The zero-order chi connectivity index (χ0) is 13.9. The standard InChI is InChI=1S/C17H18N2S/c1-12-14-8-4-5-9-15(14)19-17(12)20-16-10-6-3-7-13(16)11-18-2/h3-10,18-19H,11H2,1-2H3. The zero-order valence-corrected chi connectivity index (χ0v) is 12.6. The van der Waals surface area contributed by atoms with Crippen LogP contribution in [0.25, 0.3) is 10.9 Å². The fourth-order valence-electron chi connectivity index (χ4n) is 2.41. The number of nitrogens with one attached hydrogen (secondary N) is 2. The second-order valence-corrected chi connectivity index (χ2v) is 5.92. The summed E-state index contributed by atoms with van der Waals surface area (Å²) < 4.78 is 0. The maximum absolute atomic E-state index is 3.52. The summed E-state index contributed by atoms with van der Waals surface area (Å²) in [5, 5.41) is 5.77. The van der Waals surface area contributed by atoms with Crippen molar-refractivity contribution in [2.24, 2.45) is 0 Å². The molecule has 0 radical (unpaired) electrons. The van der Waals surface area contributed by atoms with Gasteiger partial charge in [0.15, 0.2) is 0 Å². The summed E-state index contributed by atoms with van der Waals surface area (Å²) in [5.74, 6) is 0. The molecule has 1 heterocycles. The van der Waals surface area contributed by atoms with Crippen molar-refractivity contribution in [3.05, 3.63) is 59.7 Å². The molecule has 2 nitrogen and oxygen atoms in total. The molecular weight excluding hydrogens is 264 g/mol. The molecule has 2 N–H and O–H groups in total. The van der Waals surface area contributed by atoms with Gasteiger partial charge in [-0.3, -0.25) is 0 Å². The normalized spacial score (nSPS) is 11.1. The molecule has 3 rings (SSSR count). The fourth-order valence-corrected chi connectivity index (χ4v) is 3.47. The molecule has 3 heteroatoms. The number of aromatic nitrogens is 1. The first-order valence-electron chi connectivity index (χ1n) is 6.77. The monoisotopic (exact) mass is 282 g/mol. The summed E-state index contributed by atoms with van der Waals surface area (Å²) in [7, 11) is 1.98. The third-order valence-electron chi connectivity index (χ3n) is 3.47. The topological polar surface area (TPSA) is 27.8 Å². The van der Waals surface area contributed by atoms with Crippen LogP contribution >= 0.6 is 11.8 Å². The van der Waals surface area contributed by atoms with E-state index in [1.54, 1.807) is 0 Å². The number of benzene rings is 2. The van der Waals surface area contributed by atoms with E-state index in [1.165, 1.54) is 32.0 Å². The summed E-state index contributed by atoms with van der Waals surface area (Å²) in [5.41, 5.74) is 3.86. The van der Waals surface area contributed by atoms with E-state index in [2.05, 4.69) is 65.8 Å². The number of H-pyrrole nitrogens is 1. The molecule has 0 amide bonds. The molecule has 2 aromatic carbocycles. The second-order valence-electron chi connectivity index (χ2n) is 4.86. The predicted octanol–water partition coefficient (Wildman–Crippen LogP) is 4.35. The van der Waals surface area contributed by atoms with Crippen molar-refractivity contribution in [1.29, 1.82) is 0 Å². The summed E-state index contributed by atoms with van der Waals surface area (Å²) in [6, 6.07) is 17.0. The van der Waals surface area contributed by atoms with Crippen LogP contribution in [0.1, 0.15) is 11.1 Å². The van der Waals surface area contributed by atoms with E-state index in [9.17, 15) is 0 Å². The largest absolute Gasteiger partial charge is 0.349 e. The molecule has 0 atom stereocenters. The number of aromatic amines is 1. The molecule has 20 heavy (non-hydrogen) atoms. The molecule has 102 valence electrons. The minimum Gasteiger partial charge on any atom is -0.349 e. The van der Waals surface area contributed by atoms with Crippen LogP contribution in [0, 0.1) is 6.92 Å². The lowest BCUT2D eigenvalue weighted by molar-refractivity contribution is 0.803. The number of fused-ring (bicyclic) bond motifs is 1. The average Bonchev–Trinajstić information content (AvgIpc) is 2.79. The highest BCUT2D eigenvalue weighted by atomic mass is 32.2. The van der Waals surface area contributed by atoms with Crippen molar-refractivity contribution in [2.45, 2.75) is 23.4 Å². The molecule has 0 aliphatic rings. The Morgan fingerprint density at radius 2 is 1.80 bits per heavy atom. The Morgan fingerprint density at radius 1 is 1.05 bits per heavy atom. The van der Waals surface area contributed by atoms with Crippen molar-refractivity contribution in [2.75, 3.05) is 7.05 Å². The Morgan fingerprint density at radius 3 is 2.60 bits per heavy atom. The van der Waals surface area contributed by atoms with E-state index in [0.717, 1.165) is 6.54 Å². The van der Waals surface area contributed by atoms with Gasteiger partial charge in [-0.15, -0.1) is 0 Å². The summed E-state index contributed by atoms with van der Waals surface area (Å²) in [6.07, 6.45) is 0. The van der Waals surface area contributed by atoms with Crippen LogP contribution in [0.5, 0.6) is 0 Å². The Bertz CT molecular complexity index is 731. The number of rotatable bonds is 4. The van der Waals surface area contributed by atoms with Crippen molar-refractivity contribution in [1.82, 2.24) is 10.3 Å². The fraction of sp³-hybridized carbons (Fsp3) is 0.176. The van der Waals surface area contributed by atoms with E-state index in [1.807, 2.05) is 18.8 Å². The van der Waals surface area contributed by atoms with Crippen LogP contribution in [0.4, 0.5) is 0 Å². The van der Waals surface area contributed by atoms with Gasteiger partial charge in [-0.2, -0.15) is 0 Å². The molecule has 0 saturated heterocycles. The van der Waals surface area contributed by atoms with Gasteiger partial charge in [-0.1, -0.05) is 48.2 Å². The van der Waals surface area contributed by atoms with Crippen LogP contribution in [0.2, 0.25) is 0 Å². The summed E-state index contributed by atoms with van der Waals surface area (Å²) >= 11 is 1.81. The van der Waals surface area contributed by atoms with Crippen molar-refractivity contribution in [3.63, 3.8) is 0 Å². The molecule has 0 unspecified atom stereocenters. The molecule has 0 aliphatic heterocycles. The van der Waals surface area contributed by atoms with Crippen LogP contribution in [-0.4, -0.2) is 12.0 Å². The Labute approximate surface area is 123 Å². The molecule has 1 aromatic heterocycles. The van der Waals surface area contributed by atoms with Crippen molar-refractivity contribution >= 4 is 22.7 Å². The quantitative estimate of drug-likeness (QED) is 0.744. The average molecular weight is 282 g/mol. The van der Waals surface area contributed by atoms with Crippen LogP contribution < -0.4 is 5.32 Å². The zero-order valence-electron chi connectivity index (χ0n) is 11.7. The van der Waals surface area contributed by atoms with E-state index in [-0.39, 0.29) is 0 Å². The lowest BCUT2D eigenvalue weighted by Crippen LogP contribution is -2.05. The van der Waals surface area contributed by atoms with E-state index in [4.69, 9.17) is 0 Å². The maximum atomic E-state index is 3.52. The van der Waals surface area contributed by atoms with Gasteiger partial charge in [0, 0.05) is 22.3 Å². The highest BCUT2D eigenvalue weighted by Gasteiger charge is 2.10. The highest BCUT2D eigenvalue weighted by molar-refractivity contribution is 7.99. The smallest absolute Gasteiger partial charge is 0.0810 e. The first-order chi connectivity index (χ1) is 9.79. The van der Waals surface area contributed by atoms with Crippen LogP contribution in [-0.2, 0) is 6.54 Å². The second kappa shape index (κ2) is 5.73. The lowest BCUT2D eigenvalue weighted by Gasteiger charge is -2.08. The Balaban J connectivity index is 1.99. The van der Waals surface area contributed by atoms with Gasteiger partial charge in [0.25, 0.3) is 0 Å². The minimum absolute atomic E-state index is 0.891. The van der Waals surface area contributed by atoms with Gasteiger partial charge in [0.05, 0.1) is 5.03 Å². The number of para-hydroxylation sites is 1. The number of hydrogen-bond acceptors (Lipinski definition) is 2. The third-order valence-corrected chi connectivity index (χ3v) is 4.70. The summed E-state index contributed by atoms with van der Waals surface area (Å²) in [4.78, 5) is 4.83. The van der Waals surface area contributed by atoms with E-state index < -0.39 is 0 Å². The molecule has 0 saturated carbocycles. The van der Waals surface area contributed by atoms with Crippen molar-refractivity contribution in [3.8, 4) is 0 Å². The van der Waals surface area contributed by atoms with Gasteiger partial charge >= 0.3 is 0 Å². The first kappa shape index (κ1) is 13.3. The highest BCUT2D eigenvalue weighted by Crippen LogP contribution is 2.35. The van der Waals surface area contributed by atoms with Crippen LogP contribution in [0.15, 0.2) is 58.5 Å². The number of hydrogen-bond donors (Lipinski definition) is 2. The molecule has 0 spiro atoms. The van der Waals surface area contributed by atoms with E-state index >= 15 is 0 Å². The minimum atomic E-state index is 0.891. The summed E-state index contributed by atoms with van der Waals surface area (Å²) in [6.45, 7) is 3.07. The molecule has 0 fully saturated rings. The first-order valence-corrected chi connectivity index (χ1v) is 7.59. The van der Waals surface area contributed by atoms with Gasteiger partial charge in [0.2, 0.25) is 0 Å². The Kier molecular flexibility index (Phi) is 3.81. The van der Waals surface area contributed by atoms with Gasteiger partial charge in [-0.25, -0.2) is 0 Å². The van der Waals surface area contributed by atoms with Gasteiger partial charge < -0.3 is 10.3 Å². The molecule has 0 aliphatic carbocycles. The molecular formula is C17H18N2S. The predicted molar refractivity (Wildman–Crippen MR) is 86.4 cm³/mol. The van der Waals surface area contributed by atoms with E-state index in [0.29, 0.717) is 0 Å². The third kappa shape index (κ3) is 2.47. The van der Waals surface area contributed by atoms with Gasteiger partial charge in [-0.05, 0) is 37.2 Å². The SMILES string of the molecule is CNCc1ccccc1Sc1[nH]c2ccccc2c1C. The van der Waals surface area contributed by atoms with Crippen molar-refractivity contribution < 1.29 is 0 Å². The van der Waals surface area contributed by atoms with Crippen LogP contribution in [0.3, 0.4) is 0 Å². The Hall–Kier alpha value is -1.71. The molecule has 3 aromatic rings. The number of aryl methyl sites for hydroxylation is 1.